The summed E-state index contributed by atoms with van der Waals surface area (Å²) in [5, 5.41) is 10.8. The molecule has 0 aromatic rings. The van der Waals surface area contributed by atoms with Crippen molar-refractivity contribution in [3.8, 4) is 0 Å². The second kappa shape index (κ2) is 126. The SMILES string of the molecule is N.N=C=O.N=C=O. The first-order chi connectivity index (χ1) is 2.83. The molecule has 0 radical (unpaired) electrons. The zero-order valence-corrected chi connectivity index (χ0v) is 3.52. The van der Waals surface area contributed by atoms with Gasteiger partial charge in [-0.25, -0.2) is 20.4 Å². The van der Waals surface area contributed by atoms with E-state index in [4.69, 9.17) is 20.4 Å². The van der Waals surface area contributed by atoms with Gasteiger partial charge in [0.1, 0.15) is 0 Å². The highest BCUT2D eigenvalue weighted by Crippen LogP contribution is 0.871. The predicted molar refractivity (Wildman–Crippen MR) is 21.8 cm³/mol. The highest BCUT2D eigenvalue weighted by Gasteiger charge is 1.04. The lowest BCUT2D eigenvalue weighted by Crippen LogP contribution is -1.16. The normalized spacial score (nSPS) is 2.29. The van der Waals surface area contributed by atoms with Gasteiger partial charge in [-0.3, -0.25) is 0 Å². The van der Waals surface area contributed by atoms with E-state index in [9.17, 15) is 0 Å². The third-order valence-corrected chi connectivity index (χ3v) is 0. The number of hydrogen-bond acceptors (Lipinski definition) is 5. The van der Waals surface area contributed by atoms with Crippen molar-refractivity contribution in [3.63, 3.8) is 0 Å². The van der Waals surface area contributed by atoms with Gasteiger partial charge >= 0.3 is 0 Å². The number of isocyanates is 2. The molecule has 0 saturated heterocycles. The van der Waals surface area contributed by atoms with E-state index < -0.39 is 0 Å². The van der Waals surface area contributed by atoms with Crippen LogP contribution in [0.3, 0.4) is 0 Å². The summed E-state index contributed by atoms with van der Waals surface area (Å²) < 4.78 is 0. The summed E-state index contributed by atoms with van der Waals surface area (Å²) in [4.78, 5) is 16.7. The Morgan fingerprint density at radius 1 is 1.00 bits per heavy atom. The Bertz CT molecular complexity index is 64.9. The number of hydrogen-bond donors (Lipinski definition) is 3. The third-order valence-electron chi connectivity index (χ3n) is 0. The van der Waals surface area contributed by atoms with Gasteiger partial charge in [-0.1, -0.05) is 0 Å². The largest absolute Gasteiger partial charge is 0.344 e. The molecule has 5 N–H and O–H groups in total. The molecule has 0 amide bonds. The van der Waals surface area contributed by atoms with Crippen LogP contribution in [0, 0.1) is 10.8 Å². The number of carbonyl (C=O) groups excluding carboxylic acids is 2. The van der Waals surface area contributed by atoms with Crippen LogP contribution < -0.4 is 6.15 Å². The van der Waals surface area contributed by atoms with Gasteiger partial charge in [-0.2, -0.15) is 0 Å². The van der Waals surface area contributed by atoms with E-state index in [1.54, 1.807) is 0 Å². The van der Waals surface area contributed by atoms with E-state index >= 15 is 0 Å². The van der Waals surface area contributed by atoms with Crippen LogP contribution in [0.2, 0.25) is 0 Å². The molecular weight excluding hydrogens is 98.0 g/mol. The molecule has 0 aromatic heterocycles. The average molecular weight is 103 g/mol. The van der Waals surface area contributed by atoms with E-state index in [0.717, 1.165) is 12.2 Å². The van der Waals surface area contributed by atoms with Crippen molar-refractivity contribution < 1.29 is 9.59 Å². The minimum Gasteiger partial charge on any atom is -0.344 e. The number of nitrogens with one attached hydrogen (secondary N) is 2. The first kappa shape index (κ1) is 17.2. The summed E-state index contributed by atoms with van der Waals surface area (Å²) in [6, 6.07) is 0. The van der Waals surface area contributed by atoms with Crippen LogP contribution in [0.4, 0.5) is 0 Å². The fraction of sp³-hybridized carbons (Fsp3) is 0. The first-order valence-corrected chi connectivity index (χ1v) is 0.908. The van der Waals surface area contributed by atoms with Gasteiger partial charge in [0.2, 0.25) is 12.2 Å². The molecule has 40 valence electrons. The lowest BCUT2D eigenvalue weighted by molar-refractivity contribution is 0.562. The Hall–Kier alpha value is -1.28. The lowest BCUT2D eigenvalue weighted by Gasteiger charge is -1.02. The van der Waals surface area contributed by atoms with Crippen molar-refractivity contribution >= 4 is 12.2 Å². The molecule has 0 unspecified atom stereocenters. The predicted octanol–water partition coefficient (Wildman–Crippen LogP) is -0.0361. The Labute approximate surface area is 39.9 Å². The van der Waals surface area contributed by atoms with E-state index in [2.05, 4.69) is 0 Å². The van der Waals surface area contributed by atoms with Crippen molar-refractivity contribution in [2.75, 3.05) is 0 Å². The van der Waals surface area contributed by atoms with Crippen molar-refractivity contribution in [1.82, 2.24) is 6.15 Å². The lowest BCUT2D eigenvalue weighted by atomic mass is 11.7. The molecule has 0 atom stereocenters. The zero-order valence-electron chi connectivity index (χ0n) is 3.52. The fourth-order valence-corrected chi connectivity index (χ4v) is 0. The van der Waals surface area contributed by atoms with Crippen LogP contribution >= 0.6 is 0 Å². The van der Waals surface area contributed by atoms with Gasteiger partial charge in [0.25, 0.3) is 0 Å². The molecule has 0 aliphatic carbocycles. The quantitative estimate of drug-likeness (QED) is 0.295. The van der Waals surface area contributed by atoms with Crippen LogP contribution in [-0.2, 0) is 9.59 Å². The number of rotatable bonds is 0. The maximum absolute atomic E-state index is 8.35. The summed E-state index contributed by atoms with van der Waals surface area (Å²) in [6.07, 6.45) is 1.50. The Balaban J connectivity index is -0.0000000400. The molecule has 0 aliphatic heterocycles. The fourth-order valence-electron chi connectivity index (χ4n) is 0. The average Bonchev–Trinajstić information content (AvgIpc) is 1.39. The van der Waals surface area contributed by atoms with Crippen molar-refractivity contribution in [2.24, 2.45) is 0 Å². The van der Waals surface area contributed by atoms with Crippen LogP contribution in [0.1, 0.15) is 0 Å². The van der Waals surface area contributed by atoms with Gasteiger partial charge in [0, 0.05) is 0 Å². The minimum absolute atomic E-state index is 0. The smallest absolute Gasteiger partial charge is 0.231 e. The van der Waals surface area contributed by atoms with E-state index in [-0.39, 0.29) is 6.15 Å². The summed E-state index contributed by atoms with van der Waals surface area (Å²) in [7, 11) is 0. The molecule has 0 heterocycles. The zero-order chi connectivity index (χ0) is 5.41. The van der Waals surface area contributed by atoms with Gasteiger partial charge in [-0.05, 0) is 0 Å². The van der Waals surface area contributed by atoms with E-state index in [0.29, 0.717) is 0 Å². The standard InChI is InChI=1S/2CHNO.H3N/c2*2-1-3;/h2*2H;1H3. The van der Waals surface area contributed by atoms with Crippen LogP contribution in [0.25, 0.3) is 0 Å². The molecule has 0 rings (SSSR count). The molecule has 0 aliphatic rings. The van der Waals surface area contributed by atoms with Gasteiger partial charge in [0.15, 0.2) is 0 Å². The van der Waals surface area contributed by atoms with Gasteiger partial charge in [0.05, 0.1) is 0 Å². The summed E-state index contributed by atoms with van der Waals surface area (Å²) >= 11 is 0. The second-order valence-corrected chi connectivity index (χ2v) is 0.204. The van der Waals surface area contributed by atoms with E-state index in [1.807, 2.05) is 0 Å². The summed E-state index contributed by atoms with van der Waals surface area (Å²) in [6.45, 7) is 0. The van der Waals surface area contributed by atoms with Crippen molar-refractivity contribution in [2.45, 2.75) is 0 Å². The Morgan fingerprint density at radius 3 is 1.00 bits per heavy atom. The second-order valence-electron chi connectivity index (χ2n) is 0.204. The van der Waals surface area contributed by atoms with Crippen LogP contribution in [-0.4, -0.2) is 12.2 Å². The maximum atomic E-state index is 8.35. The highest BCUT2D eigenvalue weighted by molar-refractivity contribution is 5.26. The monoisotopic (exact) mass is 103 g/mol. The van der Waals surface area contributed by atoms with Crippen molar-refractivity contribution in [1.29, 1.82) is 10.8 Å². The summed E-state index contributed by atoms with van der Waals surface area (Å²) in [5.41, 5.74) is 0. The maximum Gasteiger partial charge on any atom is 0.231 e. The molecule has 7 heavy (non-hydrogen) atoms. The topological polar surface area (TPSA) is 117 Å². The molecule has 5 heteroatoms. The summed E-state index contributed by atoms with van der Waals surface area (Å²) in [5.74, 6) is 0. The first-order valence-electron chi connectivity index (χ1n) is 0.908. The Kier molecular flexibility index (Phi) is 310. The molecular formula is C2H5N3O2. The molecule has 0 saturated carbocycles. The van der Waals surface area contributed by atoms with Gasteiger partial charge in [-0.15, -0.1) is 0 Å². The van der Waals surface area contributed by atoms with Crippen LogP contribution in [0.15, 0.2) is 0 Å². The third kappa shape index (κ3) is 21.3. The molecule has 0 aromatic carbocycles. The Morgan fingerprint density at radius 2 is 1.00 bits per heavy atom. The van der Waals surface area contributed by atoms with Crippen LogP contribution in [0.5, 0.6) is 0 Å². The minimum atomic E-state index is 0. The molecule has 5 nitrogen and oxygen atoms in total. The molecule has 0 spiro atoms. The van der Waals surface area contributed by atoms with Gasteiger partial charge < -0.3 is 6.15 Å². The molecule has 0 fully saturated rings. The van der Waals surface area contributed by atoms with Crippen molar-refractivity contribution in [3.05, 3.63) is 0 Å². The molecule has 0 bridgehead atoms. The highest BCUT2D eigenvalue weighted by atomic mass is 16.1. The van der Waals surface area contributed by atoms with E-state index in [1.165, 1.54) is 0 Å².